The van der Waals surface area contributed by atoms with Gasteiger partial charge < -0.3 is 14.8 Å². The summed E-state index contributed by atoms with van der Waals surface area (Å²) in [6, 6.07) is 12.6. The Morgan fingerprint density at radius 3 is 2.28 bits per heavy atom. The molecule has 0 aliphatic carbocycles. The maximum atomic E-state index is 13.3. The lowest BCUT2D eigenvalue weighted by Gasteiger charge is -2.32. The van der Waals surface area contributed by atoms with Gasteiger partial charge in [-0.25, -0.2) is 8.42 Å². The summed E-state index contributed by atoms with van der Waals surface area (Å²) in [5.41, 5.74) is 2.33. The molecule has 0 aromatic heterocycles. The van der Waals surface area contributed by atoms with Crippen LogP contribution in [-0.2, 0) is 21.4 Å². The molecule has 3 rings (SSSR count). The molecule has 1 amide bonds. The number of nitrogens with one attached hydrogen (secondary N) is 1. The number of carbonyl (C=O) groups excluding carboxylic acids is 1. The van der Waals surface area contributed by atoms with Crippen molar-refractivity contribution in [3.8, 4) is 11.5 Å². The number of benzene rings is 2. The maximum absolute atomic E-state index is 13.3. The molecule has 0 unspecified atom stereocenters. The lowest BCUT2D eigenvalue weighted by Crippen LogP contribution is -2.41. The lowest BCUT2D eigenvalue weighted by molar-refractivity contribution is -0.117. The number of methoxy groups -OCH3 is 2. The monoisotopic (exact) mass is 416 g/mol. The highest BCUT2D eigenvalue weighted by atomic mass is 32.2. The zero-order chi connectivity index (χ0) is 21.2. The molecule has 0 saturated heterocycles. The first-order valence-corrected chi connectivity index (χ1v) is 10.6. The van der Waals surface area contributed by atoms with E-state index >= 15 is 0 Å². The number of fused-ring (bicyclic) bond motifs is 1. The Kier molecular flexibility index (Phi) is 5.83. The van der Waals surface area contributed by atoms with Crippen molar-refractivity contribution in [1.29, 1.82) is 0 Å². The molecular weight excluding hydrogens is 392 g/mol. The summed E-state index contributed by atoms with van der Waals surface area (Å²) in [4.78, 5) is 12.7. The molecule has 2 aromatic carbocycles. The molecule has 0 radical (unpaired) electrons. The molecule has 154 valence electrons. The molecule has 0 saturated carbocycles. The molecule has 2 aromatic rings. The molecule has 0 bridgehead atoms. The second kappa shape index (κ2) is 8.16. The predicted octanol–water partition coefficient (Wildman–Crippen LogP) is 2.92. The van der Waals surface area contributed by atoms with Gasteiger partial charge in [0, 0.05) is 24.7 Å². The Labute approximate surface area is 171 Å². The summed E-state index contributed by atoms with van der Waals surface area (Å²) in [5, 5.41) is 2.72. The number of allylic oxidation sites excluding steroid dienone is 1. The average Bonchev–Trinajstić information content (AvgIpc) is 2.72. The minimum atomic E-state index is -4.02. The van der Waals surface area contributed by atoms with Crippen LogP contribution in [0.15, 0.2) is 47.4 Å². The Hall–Kier alpha value is -3.00. The summed E-state index contributed by atoms with van der Waals surface area (Å²) in [5.74, 6) is 0.250. The molecule has 1 aliphatic rings. The van der Waals surface area contributed by atoms with Crippen molar-refractivity contribution in [2.75, 3.05) is 25.1 Å². The van der Waals surface area contributed by atoms with Crippen molar-refractivity contribution in [2.24, 2.45) is 0 Å². The van der Waals surface area contributed by atoms with Crippen LogP contribution >= 0.6 is 0 Å². The summed E-state index contributed by atoms with van der Waals surface area (Å²) in [6.45, 7) is 3.76. The fourth-order valence-electron chi connectivity index (χ4n) is 3.42. The van der Waals surface area contributed by atoms with Crippen molar-refractivity contribution in [3.63, 3.8) is 0 Å². The van der Waals surface area contributed by atoms with E-state index in [-0.39, 0.29) is 18.0 Å². The molecule has 8 heteroatoms. The third-order valence-electron chi connectivity index (χ3n) is 4.85. The molecule has 7 nitrogen and oxygen atoms in total. The van der Waals surface area contributed by atoms with E-state index in [2.05, 4.69) is 5.32 Å². The summed E-state index contributed by atoms with van der Waals surface area (Å²) in [6.07, 6.45) is 0. The Morgan fingerprint density at radius 2 is 1.69 bits per heavy atom. The molecule has 1 heterocycles. The van der Waals surface area contributed by atoms with E-state index in [0.717, 1.165) is 5.56 Å². The standard InChI is InChI=1S/C21H24N2O5S/c1-5-23-17-12-19(28-4)18(27-3)11-16(17)14(2)20(29(23,25)26)21(24)22-13-15-9-7-6-8-10-15/h6-12H,5,13H2,1-4H3,(H,22,24). The highest BCUT2D eigenvalue weighted by Crippen LogP contribution is 2.44. The van der Waals surface area contributed by atoms with E-state index in [1.165, 1.54) is 18.5 Å². The Balaban J connectivity index is 2.09. The minimum Gasteiger partial charge on any atom is -0.493 e. The van der Waals surface area contributed by atoms with Crippen LogP contribution in [-0.4, -0.2) is 35.1 Å². The molecule has 29 heavy (non-hydrogen) atoms. The SMILES string of the molecule is CCN1c2cc(OC)c(OC)cc2C(C)=C(C(=O)NCc2ccccc2)S1(=O)=O. The molecular formula is C21H24N2O5S. The smallest absolute Gasteiger partial charge is 0.270 e. The largest absolute Gasteiger partial charge is 0.493 e. The second-order valence-corrected chi connectivity index (χ2v) is 8.32. The number of hydrogen-bond acceptors (Lipinski definition) is 5. The number of ether oxygens (including phenoxy) is 2. The van der Waals surface area contributed by atoms with Crippen molar-refractivity contribution in [3.05, 3.63) is 58.5 Å². The zero-order valence-electron chi connectivity index (χ0n) is 16.9. The van der Waals surface area contributed by atoms with Crippen molar-refractivity contribution >= 4 is 27.2 Å². The predicted molar refractivity (Wildman–Crippen MR) is 112 cm³/mol. The van der Waals surface area contributed by atoms with Crippen LogP contribution in [0.1, 0.15) is 25.0 Å². The van der Waals surface area contributed by atoms with Crippen LogP contribution in [0.2, 0.25) is 0 Å². The number of carbonyl (C=O) groups is 1. The molecule has 0 spiro atoms. The topological polar surface area (TPSA) is 84.9 Å². The van der Waals surface area contributed by atoms with Crippen molar-refractivity contribution in [2.45, 2.75) is 20.4 Å². The van der Waals surface area contributed by atoms with Gasteiger partial charge in [0.25, 0.3) is 15.9 Å². The van der Waals surface area contributed by atoms with Gasteiger partial charge in [-0.1, -0.05) is 30.3 Å². The van der Waals surface area contributed by atoms with Gasteiger partial charge in [-0.05, 0) is 31.1 Å². The minimum absolute atomic E-state index is 0.174. The first kappa shape index (κ1) is 20.7. The van der Waals surface area contributed by atoms with Crippen LogP contribution in [0.3, 0.4) is 0 Å². The molecule has 1 aliphatic heterocycles. The fraction of sp³-hybridized carbons (Fsp3) is 0.286. The van der Waals surface area contributed by atoms with E-state index in [1.54, 1.807) is 26.0 Å². The number of rotatable bonds is 6. The summed E-state index contributed by atoms with van der Waals surface area (Å²) < 4.78 is 38.4. The van der Waals surface area contributed by atoms with E-state index in [1.807, 2.05) is 30.3 Å². The Bertz CT molecular complexity index is 1060. The third-order valence-corrected chi connectivity index (χ3v) is 6.90. The van der Waals surface area contributed by atoms with Crippen LogP contribution in [0.4, 0.5) is 5.69 Å². The second-order valence-electron chi connectivity index (χ2n) is 6.52. The maximum Gasteiger partial charge on any atom is 0.270 e. The van der Waals surface area contributed by atoms with E-state index < -0.39 is 15.9 Å². The Morgan fingerprint density at radius 1 is 1.07 bits per heavy atom. The van der Waals surface area contributed by atoms with Gasteiger partial charge in [-0.3, -0.25) is 9.10 Å². The molecule has 1 N–H and O–H groups in total. The van der Waals surface area contributed by atoms with E-state index in [4.69, 9.17) is 9.47 Å². The highest BCUT2D eigenvalue weighted by molar-refractivity contribution is 7.97. The number of nitrogens with zero attached hydrogens (tertiary/aromatic N) is 1. The molecule has 0 fully saturated rings. The van der Waals surface area contributed by atoms with Crippen LogP contribution < -0.4 is 19.1 Å². The van der Waals surface area contributed by atoms with Gasteiger partial charge in [0.15, 0.2) is 16.4 Å². The first-order chi connectivity index (χ1) is 13.8. The van der Waals surface area contributed by atoms with Gasteiger partial charge in [0.2, 0.25) is 0 Å². The quantitative estimate of drug-likeness (QED) is 0.783. The fourth-order valence-corrected chi connectivity index (χ4v) is 5.19. The van der Waals surface area contributed by atoms with Crippen LogP contribution in [0.25, 0.3) is 5.57 Å². The highest BCUT2D eigenvalue weighted by Gasteiger charge is 2.39. The van der Waals surface area contributed by atoms with Gasteiger partial charge in [-0.15, -0.1) is 0 Å². The number of sulfonamides is 1. The van der Waals surface area contributed by atoms with E-state index in [0.29, 0.717) is 28.3 Å². The normalized spacial score (nSPS) is 15.0. The zero-order valence-corrected chi connectivity index (χ0v) is 17.7. The van der Waals surface area contributed by atoms with Gasteiger partial charge in [0.1, 0.15) is 0 Å². The molecule has 0 atom stereocenters. The summed E-state index contributed by atoms with van der Waals surface area (Å²) in [7, 11) is -1.02. The van der Waals surface area contributed by atoms with Crippen molar-refractivity contribution < 1.29 is 22.7 Å². The van der Waals surface area contributed by atoms with Crippen LogP contribution in [0.5, 0.6) is 11.5 Å². The van der Waals surface area contributed by atoms with Crippen LogP contribution in [0, 0.1) is 0 Å². The third kappa shape index (κ3) is 3.67. The van der Waals surface area contributed by atoms with Gasteiger partial charge in [-0.2, -0.15) is 0 Å². The number of amides is 1. The van der Waals surface area contributed by atoms with E-state index in [9.17, 15) is 13.2 Å². The number of anilines is 1. The lowest BCUT2D eigenvalue weighted by atomic mass is 10.0. The van der Waals surface area contributed by atoms with Crippen molar-refractivity contribution in [1.82, 2.24) is 5.32 Å². The van der Waals surface area contributed by atoms with Gasteiger partial charge >= 0.3 is 0 Å². The average molecular weight is 416 g/mol. The summed E-state index contributed by atoms with van der Waals surface area (Å²) >= 11 is 0. The first-order valence-electron chi connectivity index (χ1n) is 9.17. The van der Waals surface area contributed by atoms with Gasteiger partial charge in [0.05, 0.1) is 19.9 Å². The number of hydrogen-bond donors (Lipinski definition) is 1.